The molecule has 0 saturated carbocycles. The maximum Gasteiger partial charge on any atom is 0.491 e. The van der Waals surface area contributed by atoms with Gasteiger partial charge >= 0.3 is 40.8 Å². The molecule has 0 bridgehead atoms. The Morgan fingerprint density at radius 1 is 0.371 bits per heavy atom. The number of carbonyl (C=O) groups is 4. The second kappa shape index (κ2) is 25.1. The van der Waals surface area contributed by atoms with Crippen molar-refractivity contribution in [3.8, 4) is 44.5 Å². The van der Waals surface area contributed by atoms with Crippen LogP contribution in [0, 0.1) is 11.6 Å². The molecule has 0 fully saturated rings. The molecule has 16 nitrogen and oxygen atoms in total. The zero-order chi connectivity index (χ0) is 64.7. The molecule has 0 aliphatic carbocycles. The highest BCUT2D eigenvalue weighted by Crippen LogP contribution is 2.36. The lowest BCUT2D eigenvalue weighted by Gasteiger charge is -2.14. The minimum absolute atomic E-state index is 0.0681. The number of hydrogen-bond donors (Lipinski definition) is 12. The summed E-state index contributed by atoms with van der Waals surface area (Å²) in [4.78, 5) is 46.4. The molecule has 4 amide bonds. The predicted octanol–water partition coefficient (Wildman–Crippen LogP) is 4.84. The molecule has 0 atom stereocenters. The standard InChI is InChI=1S/2C16H11BF3NO3.C15H11BFNO3.C14H11BFNO3/c1-8-12-6-9(2-4-11(12)15(22)21-8)10-3-5-13(16(18,19)20)14(7-10)17(23)24;1-8-14-6-9(2-3-13(14)15(22)21-8)10-4-11(16(18,19)20)7-12(5-10)17(23)24;1-8-14-6-9(2-3-13(14)15(19)18-8)10-4-11(16(20)21)7-12(17)5-10;16-13-4-2-9(6-12(13)15(19)20)8-1-3-11-10(5-8)7-17-14(11)18/h2*2-7,23-24H,1H2,(H,21,22);2-7,20-21H,1H2,(H,18,19);1-6,19-20H,7H2,(H,17,18). The zero-order valence-corrected chi connectivity index (χ0v) is 45.7. The zero-order valence-electron chi connectivity index (χ0n) is 45.7. The lowest BCUT2D eigenvalue weighted by molar-refractivity contribution is -0.138. The Hall–Kier alpha value is -9.76. The summed E-state index contributed by atoms with van der Waals surface area (Å²) in [5.74, 6) is -2.16. The molecule has 0 spiro atoms. The van der Waals surface area contributed by atoms with E-state index >= 15 is 0 Å². The predicted molar refractivity (Wildman–Crippen MR) is 317 cm³/mol. The number of rotatable bonds is 8. The molecular weight excluding hydrogens is 1180 g/mol. The van der Waals surface area contributed by atoms with Crippen LogP contribution in [0.2, 0.25) is 0 Å². The first-order chi connectivity index (χ1) is 41.9. The van der Waals surface area contributed by atoms with Crippen LogP contribution in [0.25, 0.3) is 61.6 Å². The van der Waals surface area contributed by atoms with Crippen LogP contribution in [0.1, 0.15) is 74.8 Å². The molecule has 12 rings (SSSR count). The molecule has 4 heterocycles. The van der Waals surface area contributed by atoms with Crippen molar-refractivity contribution in [3.05, 3.63) is 233 Å². The molecular formula is C61H44B4F8N4O12. The Morgan fingerprint density at radius 3 is 1.21 bits per heavy atom. The number of nitrogens with one attached hydrogen (secondary N) is 4. The van der Waals surface area contributed by atoms with Crippen LogP contribution in [0.15, 0.2) is 165 Å². The van der Waals surface area contributed by atoms with E-state index < -0.39 is 69.1 Å². The van der Waals surface area contributed by atoms with E-state index in [-0.39, 0.29) is 45.6 Å². The van der Waals surface area contributed by atoms with Crippen molar-refractivity contribution in [1.29, 1.82) is 0 Å². The highest BCUT2D eigenvalue weighted by molar-refractivity contribution is 6.60. The summed E-state index contributed by atoms with van der Waals surface area (Å²) in [5.41, 5.74) is 6.80. The Kier molecular flexibility index (Phi) is 18.0. The van der Waals surface area contributed by atoms with Gasteiger partial charge in [0.1, 0.15) is 11.6 Å². The molecule has 12 N–H and O–H groups in total. The first-order valence-electron chi connectivity index (χ1n) is 26.2. The monoisotopic (exact) mass is 1220 g/mol. The Labute approximate surface area is 501 Å². The summed E-state index contributed by atoms with van der Waals surface area (Å²) in [5, 5.41) is 84.0. The molecule has 4 aliphatic rings. The fraction of sp³-hybridized carbons (Fsp3) is 0.0492. The Balaban J connectivity index is 0.000000141. The van der Waals surface area contributed by atoms with Gasteiger partial charge in [-0.25, -0.2) is 8.78 Å². The molecule has 448 valence electrons. The third-order valence-corrected chi connectivity index (χ3v) is 14.4. The molecule has 8 aromatic carbocycles. The fourth-order valence-corrected chi connectivity index (χ4v) is 9.94. The van der Waals surface area contributed by atoms with E-state index in [1.54, 1.807) is 60.7 Å². The lowest BCUT2D eigenvalue weighted by atomic mass is 9.75. The number of benzene rings is 8. The van der Waals surface area contributed by atoms with Gasteiger partial charge in [0.05, 0.1) is 11.1 Å². The maximum atomic E-state index is 13.6. The van der Waals surface area contributed by atoms with E-state index in [0.717, 1.165) is 35.4 Å². The molecule has 0 unspecified atom stereocenters. The van der Waals surface area contributed by atoms with E-state index in [9.17, 15) is 84.4 Å². The van der Waals surface area contributed by atoms with Crippen LogP contribution in [-0.4, -0.2) is 92.3 Å². The molecule has 8 aromatic rings. The van der Waals surface area contributed by atoms with Gasteiger partial charge in [0.25, 0.3) is 23.6 Å². The summed E-state index contributed by atoms with van der Waals surface area (Å²) in [6, 6.07) is 33.6. The quantitative estimate of drug-likeness (QED) is 0.0720. The van der Waals surface area contributed by atoms with Gasteiger partial charge < -0.3 is 61.5 Å². The summed E-state index contributed by atoms with van der Waals surface area (Å²) in [6.45, 7) is 11.6. The van der Waals surface area contributed by atoms with Crippen molar-refractivity contribution in [2.45, 2.75) is 18.9 Å². The third kappa shape index (κ3) is 13.8. The lowest BCUT2D eigenvalue weighted by Crippen LogP contribution is -2.36. The molecule has 4 aliphatic heterocycles. The minimum Gasteiger partial charge on any atom is -0.423 e. The number of hydrogen-bond acceptors (Lipinski definition) is 12. The van der Waals surface area contributed by atoms with E-state index in [2.05, 4.69) is 41.0 Å². The smallest absolute Gasteiger partial charge is 0.423 e. The fourth-order valence-electron chi connectivity index (χ4n) is 9.94. The van der Waals surface area contributed by atoms with E-state index in [1.807, 2.05) is 6.07 Å². The van der Waals surface area contributed by atoms with Gasteiger partial charge in [-0.2, -0.15) is 26.3 Å². The first-order valence-corrected chi connectivity index (χ1v) is 26.2. The summed E-state index contributed by atoms with van der Waals surface area (Å²) in [7, 11) is -7.88. The first kappa shape index (κ1) is 63.7. The SMILES string of the molecule is C=C1NC(=O)c2ccc(-c3cc(B(O)O)cc(C(F)(F)F)c3)cc21.C=C1NC(=O)c2ccc(-c3cc(F)cc(B(O)O)c3)cc21.C=C1NC(=O)c2ccc(-c3ccc(C(F)(F)F)c(B(O)O)c3)cc21.O=C1NCc2cc(-c3ccc(F)c(B(O)O)c3)ccc21. The molecule has 28 heteroatoms. The van der Waals surface area contributed by atoms with Crippen molar-refractivity contribution in [2.75, 3.05) is 0 Å². The van der Waals surface area contributed by atoms with Gasteiger partial charge in [-0.15, -0.1) is 0 Å². The summed E-state index contributed by atoms with van der Waals surface area (Å²) in [6.07, 6.45) is -9.32. The average Bonchev–Trinajstić information content (AvgIpc) is 1.97. The van der Waals surface area contributed by atoms with E-state index in [4.69, 9.17) is 10.0 Å². The Morgan fingerprint density at radius 2 is 0.764 bits per heavy atom. The average molecular weight is 1220 g/mol. The number of halogens is 8. The topological polar surface area (TPSA) is 278 Å². The van der Waals surface area contributed by atoms with Gasteiger partial charge in [0, 0.05) is 68.0 Å². The Bertz CT molecular complexity index is 4280. The van der Waals surface area contributed by atoms with Crippen LogP contribution in [0.5, 0.6) is 0 Å². The summed E-state index contributed by atoms with van der Waals surface area (Å²) < 4.78 is 105. The maximum absolute atomic E-state index is 13.6. The summed E-state index contributed by atoms with van der Waals surface area (Å²) >= 11 is 0. The van der Waals surface area contributed by atoms with Crippen molar-refractivity contribution in [1.82, 2.24) is 21.3 Å². The van der Waals surface area contributed by atoms with Crippen molar-refractivity contribution in [2.24, 2.45) is 0 Å². The van der Waals surface area contributed by atoms with Gasteiger partial charge in [-0.1, -0.05) is 86.5 Å². The third-order valence-electron chi connectivity index (χ3n) is 14.4. The van der Waals surface area contributed by atoms with Gasteiger partial charge in [-0.3, -0.25) is 19.2 Å². The number of carbonyl (C=O) groups excluding carboxylic acids is 4. The van der Waals surface area contributed by atoms with E-state index in [1.165, 1.54) is 48.5 Å². The number of alkyl halides is 6. The van der Waals surface area contributed by atoms with Crippen LogP contribution in [-0.2, 0) is 18.9 Å². The molecule has 89 heavy (non-hydrogen) atoms. The largest absolute Gasteiger partial charge is 0.491 e. The number of amides is 4. The minimum atomic E-state index is -4.69. The van der Waals surface area contributed by atoms with E-state index in [0.29, 0.717) is 102 Å². The van der Waals surface area contributed by atoms with Crippen molar-refractivity contribution >= 4 is 91.0 Å². The van der Waals surface area contributed by atoms with Gasteiger partial charge in [0.15, 0.2) is 0 Å². The van der Waals surface area contributed by atoms with Crippen molar-refractivity contribution < 1.29 is 94.5 Å². The van der Waals surface area contributed by atoms with Crippen molar-refractivity contribution in [3.63, 3.8) is 0 Å². The van der Waals surface area contributed by atoms with Crippen LogP contribution in [0.3, 0.4) is 0 Å². The van der Waals surface area contributed by atoms with Gasteiger partial charge in [-0.05, 0) is 145 Å². The normalized spacial score (nSPS) is 13.4. The molecule has 0 saturated heterocycles. The molecule has 0 radical (unpaired) electrons. The second-order valence-electron chi connectivity index (χ2n) is 20.3. The molecule has 0 aromatic heterocycles. The van der Waals surface area contributed by atoms with Crippen LogP contribution in [0.4, 0.5) is 35.1 Å². The second-order valence-corrected chi connectivity index (χ2v) is 20.3. The van der Waals surface area contributed by atoms with Crippen LogP contribution >= 0.6 is 0 Å². The highest BCUT2D eigenvalue weighted by Gasteiger charge is 2.37. The van der Waals surface area contributed by atoms with Gasteiger partial charge in [0.2, 0.25) is 0 Å². The highest BCUT2D eigenvalue weighted by atomic mass is 19.4. The number of fused-ring (bicyclic) bond motifs is 4. The van der Waals surface area contributed by atoms with Crippen LogP contribution < -0.4 is 43.1 Å².